The van der Waals surface area contributed by atoms with Crippen molar-refractivity contribution in [3.05, 3.63) is 64.2 Å². The molecule has 0 radical (unpaired) electrons. The molecule has 0 aliphatic carbocycles. The lowest BCUT2D eigenvalue weighted by Gasteiger charge is -2.07. The predicted octanol–water partition coefficient (Wildman–Crippen LogP) is 4.01. The molecule has 0 aromatic heterocycles. The summed E-state index contributed by atoms with van der Waals surface area (Å²) in [5.41, 5.74) is 3.41. The molecule has 0 aliphatic heterocycles. The van der Waals surface area contributed by atoms with Gasteiger partial charge < -0.3 is 5.32 Å². The Labute approximate surface area is 147 Å². The fourth-order valence-electron chi connectivity index (χ4n) is 2.18. The molecule has 2 aromatic carbocycles. The van der Waals surface area contributed by atoms with E-state index in [1.54, 1.807) is 6.08 Å². The highest BCUT2D eigenvalue weighted by Gasteiger charge is 2.11. The summed E-state index contributed by atoms with van der Waals surface area (Å²) in [6.45, 7) is 3.97. The van der Waals surface area contributed by atoms with Gasteiger partial charge in [-0.1, -0.05) is 35.4 Å². The van der Waals surface area contributed by atoms with Gasteiger partial charge in [0.2, 0.25) is 5.91 Å². The molecule has 4 nitrogen and oxygen atoms in total. The average molecular weight is 364 g/mol. The van der Waals surface area contributed by atoms with E-state index in [2.05, 4.69) is 5.32 Å². The van der Waals surface area contributed by atoms with Gasteiger partial charge in [-0.3, -0.25) is 4.79 Å². The number of nitrogens with one attached hydrogen (secondary N) is 1. The Morgan fingerprint density at radius 2 is 1.83 bits per heavy atom. The lowest BCUT2D eigenvalue weighted by Crippen LogP contribution is -2.09. The van der Waals surface area contributed by atoms with Crippen molar-refractivity contribution in [2.24, 2.45) is 0 Å². The maximum absolute atomic E-state index is 12.1. The number of sulfone groups is 1. The Kier molecular flexibility index (Phi) is 5.47. The number of rotatable bonds is 4. The van der Waals surface area contributed by atoms with Crippen LogP contribution >= 0.6 is 11.6 Å². The van der Waals surface area contributed by atoms with E-state index < -0.39 is 9.84 Å². The minimum absolute atomic E-state index is 0.0977. The van der Waals surface area contributed by atoms with Crippen LogP contribution in [0.25, 0.3) is 6.08 Å². The molecule has 0 atom stereocenters. The van der Waals surface area contributed by atoms with E-state index in [0.717, 1.165) is 22.9 Å². The van der Waals surface area contributed by atoms with Crippen LogP contribution in [0.1, 0.15) is 16.7 Å². The van der Waals surface area contributed by atoms with Gasteiger partial charge in [-0.05, 0) is 49.2 Å². The first-order valence-electron chi connectivity index (χ1n) is 7.23. The van der Waals surface area contributed by atoms with Gasteiger partial charge in [0.1, 0.15) is 0 Å². The highest BCUT2D eigenvalue weighted by Crippen LogP contribution is 2.25. The van der Waals surface area contributed by atoms with E-state index in [4.69, 9.17) is 11.6 Å². The normalized spacial score (nSPS) is 11.7. The van der Waals surface area contributed by atoms with Crippen LogP contribution in [0.15, 0.2) is 47.4 Å². The van der Waals surface area contributed by atoms with Crippen molar-refractivity contribution < 1.29 is 13.2 Å². The highest BCUT2D eigenvalue weighted by atomic mass is 35.5. The van der Waals surface area contributed by atoms with Crippen molar-refractivity contribution in [3.63, 3.8) is 0 Å². The molecule has 2 rings (SSSR count). The van der Waals surface area contributed by atoms with Gasteiger partial charge in [0.25, 0.3) is 0 Å². The third-order valence-electron chi connectivity index (χ3n) is 3.46. The molecule has 0 bridgehead atoms. The van der Waals surface area contributed by atoms with Crippen molar-refractivity contribution in [1.29, 1.82) is 0 Å². The van der Waals surface area contributed by atoms with E-state index in [1.807, 2.05) is 32.0 Å². The molecule has 0 saturated carbocycles. The molecule has 0 heterocycles. The molecule has 0 unspecified atom stereocenters. The van der Waals surface area contributed by atoms with Gasteiger partial charge in [0.15, 0.2) is 9.84 Å². The largest absolute Gasteiger partial charge is 0.321 e. The van der Waals surface area contributed by atoms with E-state index in [1.165, 1.54) is 24.3 Å². The molecule has 126 valence electrons. The van der Waals surface area contributed by atoms with E-state index in [0.29, 0.717) is 0 Å². The summed E-state index contributed by atoms with van der Waals surface area (Å²) in [5, 5.41) is 2.88. The second-order valence-corrected chi connectivity index (χ2v) is 8.02. The fraction of sp³-hybridized carbons (Fsp3) is 0.167. The van der Waals surface area contributed by atoms with Gasteiger partial charge >= 0.3 is 0 Å². The number of benzene rings is 2. The number of carbonyl (C=O) groups is 1. The van der Waals surface area contributed by atoms with Crippen molar-refractivity contribution >= 4 is 39.1 Å². The summed E-state index contributed by atoms with van der Waals surface area (Å²) >= 11 is 6.02. The number of amides is 1. The summed E-state index contributed by atoms with van der Waals surface area (Å²) < 4.78 is 23.2. The summed E-state index contributed by atoms with van der Waals surface area (Å²) in [7, 11) is -3.37. The fourth-order valence-corrected chi connectivity index (χ4v) is 3.00. The number of halogens is 1. The van der Waals surface area contributed by atoms with Crippen LogP contribution in [0.2, 0.25) is 5.02 Å². The first-order chi connectivity index (χ1) is 11.2. The number of anilines is 1. The Bertz CT molecular complexity index is 918. The summed E-state index contributed by atoms with van der Waals surface area (Å²) in [4.78, 5) is 12.2. The zero-order valence-corrected chi connectivity index (χ0v) is 15.2. The second-order valence-electron chi connectivity index (χ2n) is 5.60. The monoisotopic (exact) mass is 363 g/mol. The summed E-state index contributed by atoms with van der Waals surface area (Å²) in [6, 6.07) is 10.1. The van der Waals surface area contributed by atoms with E-state index in [-0.39, 0.29) is 21.5 Å². The molecular weight excluding hydrogens is 346 g/mol. The van der Waals surface area contributed by atoms with Crippen molar-refractivity contribution in [1.82, 2.24) is 0 Å². The molecule has 6 heteroatoms. The molecular formula is C18H18ClNO3S. The van der Waals surface area contributed by atoms with Crippen LogP contribution in [0.5, 0.6) is 0 Å². The quantitative estimate of drug-likeness (QED) is 0.834. The second kappa shape index (κ2) is 7.20. The lowest BCUT2D eigenvalue weighted by molar-refractivity contribution is -0.111. The number of hydrogen-bond acceptors (Lipinski definition) is 3. The first kappa shape index (κ1) is 18.2. The predicted molar refractivity (Wildman–Crippen MR) is 98.1 cm³/mol. The SMILES string of the molecule is Cc1ccc(/C=C/C(=O)Nc2cc(S(C)(=O)=O)ccc2Cl)c(C)c1. The third kappa shape index (κ3) is 4.69. The van der Waals surface area contributed by atoms with Gasteiger partial charge in [0.05, 0.1) is 15.6 Å². The maximum atomic E-state index is 12.1. The molecule has 1 N–H and O–H groups in total. The lowest BCUT2D eigenvalue weighted by atomic mass is 10.1. The van der Waals surface area contributed by atoms with Crippen molar-refractivity contribution in [2.45, 2.75) is 18.7 Å². The maximum Gasteiger partial charge on any atom is 0.248 e. The Balaban J connectivity index is 2.19. The van der Waals surface area contributed by atoms with E-state index in [9.17, 15) is 13.2 Å². The average Bonchev–Trinajstić information content (AvgIpc) is 2.47. The first-order valence-corrected chi connectivity index (χ1v) is 9.49. The van der Waals surface area contributed by atoms with Crippen LogP contribution in [0, 0.1) is 13.8 Å². The van der Waals surface area contributed by atoms with Crippen LogP contribution in [-0.4, -0.2) is 20.6 Å². The summed E-state index contributed by atoms with van der Waals surface area (Å²) in [5.74, 6) is -0.387. The minimum atomic E-state index is -3.37. The van der Waals surface area contributed by atoms with Crippen molar-refractivity contribution in [3.8, 4) is 0 Å². The molecule has 1 amide bonds. The molecule has 0 spiro atoms. The van der Waals surface area contributed by atoms with E-state index >= 15 is 0 Å². The molecule has 2 aromatic rings. The van der Waals surface area contributed by atoms with Crippen LogP contribution in [-0.2, 0) is 14.6 Å². The third-order valence-corrected chi connectivity index (χ3v) is 4.90. The van der Waals surface area contributed by atoms with Gasteiger partial charge in [-0.15, -0.1) is 0 Å². The van der Waals surface area contributed by atoms with Crippen LogP contribution in [0.4, 0.5) is 5.69 Å². The summed E-state index contributed by atoms with van der Waals surface area (Å²) in [6.07, 6.45) is 4.20. The van der Waals surface area contributed by atoms with Crippen LogP contribution < -0.4 is 5.32 Å². The Morgan fingerprint density at radius 1 is 1.12 bits per heavy atom. The van der Waals surface area contributed by atoms with Crippen molar-refractivity contribution in [2.75, 3.05) is 11.6 Å². The molecule has 0 fully saturated rings. The topological polar surface area (TPSA) is 63.2 Å². The Morgan fingerprint density at radius 3 is 2.46 bits per heavy atom. The van der Waals surface area contributed by atoms with Gasteiger partial charge in [0, 0.05) is 12.3 Å². The highest BCUT2D eigenvalue weighted by molar-refractivity contribution is 7.90. The number of hydrogen-bond donors (Lipinski definition) is 1. The zero-order valence-electron chi connectivity index (χ0n) is 13.6. The number of carbonyl (C=O) groups excluding carboxylic acids is 1. The van der Waals surface area contributed by atoms with Gasteiger partial charge in [-0.2, -0.15) is 0 Å². The van der Waals surface area contributed by atoms with Crippen LogP contribution in [0.3, 0.4) is 0 Å². The minimum Gasteiger partial charge on any atom is -0.321 e. The standard InChI is InChI=1S/C18H18ClNO3S/c1-12-4-5-14(13(2)10-12)6-9-18(21)20-17-11-15(24(3,22)23)7-8-16(17)19/h4-11H,1-3H3,(H,20,21)/b9-6+. The molecule has 24 heavy (non-hydrogen) atoms. The smallest absolute Gasteiger partial charge is 0.248 e. The Hall–Kier alpha value is -2.11. The van der Waals surface area contributed by atoms with Gasteiger partial charge in [-0.25, -0.2) is 8.42 Å². The molecule has 0 saturated heterocycles. The zero-order chi connectivity index (χ0) is 17.9. The molecule has 0 aliphatic rings. The number of aryl methyl sites for hydroxylation is 2.